The Kier molecular flexibility index (Phi) is 14.4. The summed E-state index contributed by atoms with van der Waals surface area (Å²) in [6.07, 6.45) is -4.35. The number of ether oxygens (including phenoxy) is 5. The zero-order valence-corrected chi connectivity index (χ0v) is 40.6. The fourth-order valence-electron chi connectivity index (χ4n) is 10.4. The van der Waals surface area contributed by atoms with Crippen LogP contribution in [-0.4, -0.2) is 43.1 Å². The quantitative estimate of drug-likeness (QED) is 0.0672. The minimum atomic E-state index is -1.23. The van der Waals surface area contributed by atoms with Crippen molar-refractivity contribution in [3.8, 4) is 0 Å². The molecule has 0 amide bonds. The lowest BCUT2D eigenvalue weighted by Crippen LogP contribution is -2.65. The Morgan fingerprint density at radius 2 is 0.514 bits per heavy atom. The average Bonchev–Trinajstić information content (AvgIpc) is 3.45. The Labute approximate surface area is 420 Å². The van der Waals surface area contributed by atoms with Crippen molar-refractivity contribution in [1.29, 1.82) is 0 Å². The van der Waals surface area contributed by atoms with E-state index < -0.39 is 47.5 Å². The van der Waals surface area contributed by atoms with Crippen LogP contribution in [0, 0.1) is 0 Å². The van der Waals surface area contributed by atoms with Crippen molar-refractivity contribution in [3.63, 3.8) is 0 Å². The van der Waals surface area contributed by atoms with Crippen LogP contribution >= 0.6 is 15.9 Å². The summed E-state index contributed by atoms with van der Waals surface area (Å²) in [5.41, 5.74) is 4.77. The summed E-state index contributed by atoms with van der Waals surface area (Å²) in [5.74, 6) is 0. The first-order valence-electron chi connectivity index (χ1n) is 23.9. The highest BCUT2D eigenvalue weighted by Crippen LogP contribution is 2.51. The smallest absolute Gasteiger partial charge is 0.186 e. The Morgan fingerprint density at radius 1 is 0.314 bits per heavy atom. The van der Waals surface area contributed by atoms with Crippen molar-refractivity contribution >= 4 is 15.9 Å². The third-order valence-electron chi connectivity index (χ3n) is 13.5. The van der Waals surface area contributed by atoms with Crippen LogP contribution in [0.15, 0.2) is 273 Å². The van der Waals surface area contributed by atoms with Gasteiger partial charge in [0, 0.05) is 12.4 Å². The first kappa shape index (κ1) is 47.0. The van der Waals surface area contributed by atoms with E-state index in [4.69, 9.17) is 23.7 Å². The number of halogens is 1. The van der Waals surface area contributed by atoms with Gasteiger partial charge in [0.05, 0.1) is 6.10 Å². The second-order valence-electron chi connectivity index (χ2n) is 17.5. The van der Waals surface area contributed by atoms with Crippen molar-refractivity contribution in [2.24, 2.45) is 0 Å². The zero-order chi connectivity index (χ0) is 47.6. The molecule has 9 aromatic rings. The molecule has 1 aliphatic rings. The Balaban J connectivity index is 1.30. The van der Waals surface area contributed by atoms with Gasteiger partial charge in [-0.3, -0.25) is 0 Å². The number of benzene rings is 9. The van der Waals surface area contributed by atoms with Crippen LogP contribution in [-0.2, 0) is 40.5 Å². The summed E-state index contributed by atoms with van der Waals surface area (Å²) >= 11 is 3.96. The fourth-order valence-corrected chi connectivity index (χ4v) is 10.9. The Hall–Kier alpha value is -6.74. The van der Waals surface area contributed by atoms with Gasteiger partial charge in [-0.2, -0.15) is 0 Å². The van der Waals surface area contributed by atoms with E-state index in [1.165, 1.54) is 0 Å². The van der Waals surface area contributed by atoms with E-state index in [1.807, 2.05) is 54.6 Å². The van der Waals surface area contributed by atoms with Gasteiger partial charge in [-0.1, -0.05) is 289 Å². The minimum absolute atomic E-state index is 0.384. The van der Waals surface area contributed by atoms with Gasteiger partial charge in [-0.25, -0.2) is 0 Å². The molecule has 0 unspecified atom stereocenters. The topological polar surface area (TPSA) is 46.2 Å². The van der Waals surface area contributed by atoms with E-state index in [1.54, 1.807) is 7.11 Å². The van der Waals surface area contributed by atoms with E-state index in [0.717, 1.165) is 50.1 Å². The SMILES string of the molecule is CO[C@H]1O[C@@H](CBr)[C@@H](OC(c2ccccc2)(c2ccccc2)c2ccccc2)[C@@H](OC(c2ccccc2)(c2ccccc2)c2ccccc2)[C@@H]1OC(c1ccccc1)(c1ccccc1)c1ccccc1. The Morgan fingerprint density at radius 3 is 0.714 bits per heavy atom. The number of alkyl halides is 1. The summed E-state index contributed by atoms with van der Waals surface area (Å²) in [7, 11) is 1.68. The molecule has 1 heterocycles. The number of rotatable bonds is 17. The van der Waals surface area contributed by atoms with Crippen LogP contribution in [0.1, 0.15) is 50.1 Å². The van der Waals surface area contributed by atoms with Crippen LogP contribution in [0.25, 0.3) is 0 Å². The van der Waals surface area contributed by atoms with Gasteiger partial charge in [0.15, 0.2) is 6.29 Å². The first-order chi connectivity index (χ1) is 34.6. The van der Waals surface area contributed by atoms with Gasteiger partial charge in [-0.05, 0) is 50.1 Å². The maximum absolute atomic E-state index is 8.40. The molecule has 1 saturated heterocycles. The van der Waals surface area contributed by atoms with Crippen LogP contribution in [0.4, 0.5) is 0 Å². The molecule has 6 heteroatoms. The van der Waals surface area contributed by atoms with Gasteiger partial charge < -0.3 is 23.7 Å². The van der Waals surface area contributed by atoms with Crippen molar-refractivity contribution in [1.82, 2.24) is 0 Å². The molecule has 9 aromatic carbocycles. The maximum atomic E-state index is 8.40. The molecule has 70 heavy (non-hydrogen) atoms. The van der Waals surface area contributed by atoms with Crippen molar-refractivity contribution in [3.05, 3.63) is 323 Å². The van der Waals surface area contributed by atoms with E-state index in [-0.39, 0.29) is 0 Å². The number of hydrogen-bond acceptors (Lipinski definition) is 5. The van der Waals surface area contributed by atoms with E-state index in [0.29, 0.717) is 5.33 Å². The largest absolute Gasteiger partial charge is 0.353 e. The predicted molar refractivity (Wildman–Crippen MR) is 282 cm³/mol. The molecule has 0 spiro atoms. The monoisotopic (exact) mass is 982 g/mol. The highest BCUT2D eigenvalue weighted by molar-refractivity contribution is 9.09. The lowest BCUT2D eigenvalue weighted by molar-refractivity contribution is -0.337. The summed E-state index contributed by atoms with van der Waals surface area (Å²) in [4.78, 5) is 0. The molecule has 348 valence electrons. The van der Waals surface area contributed by atoms with Gasteiger partial charge in [0.25, 0.3) is 0 Å². The summed E-state index contributed by atoms with van der Waals surface area (Å²) in [6.45, 7) is 0. The molecular formula is C64H55BrO5. The number of methoxy groups -OCH3 is 1. The maximum Gasteiger partial charge on any atom is 0.186 e. The van der Waals surface area contributed by atoms with Gasteiger partial charge in [0.1, 0.15) is 35.1 Å². The summed E-state index contributed by atoms with van der Waals surface area (Å²) in [5, 5.41) is 0.384. The van der Waals surface area contributed by atoms with Crippen molar-refractivity contribution in [2.45, 2.75) is 47.5 Å². The molecule has 10 rings (SSSR count). The lowest BCUT2D eigenvalue weighted by Gasteiger charge is -2.53. The van der Waals surface area contributed by atoms with Crippen molar-refractivity contribution in [2.75, 3.05) is 12.4 Å². The second kappa shape index (κ2) is 21.5. The molecule has 0 saturated carbocycles. The van der Waals surface area contributed by atoms with Crippen LogP contribution in [0.2, 0.25) is 0 Å². The molecule has 1 aliphatic heterocycles. The normalized spacial score (nSPS) is 18.5. The molecule has 5 atom stereocenters. The van der Waals surface area contributed by atoms with Crippen molar-refractivity contribution < 1.29 is 23.7 Å². The molecule has 0 aliphatic carbocycles. The number of hydrogen-bond donors (Lipinski definition) is 0. The van der Waals surface area contributed by atoms with E-state index >= 15 is 0 Å². The predicted octanol–water partition coefficient (Wildman–Crippen LogP) is 13.9. The zero-order valence-electron chi connectivity index (χ0n) is 39.0. The van der Waals surface area contributed by atoms with E-state index in [2.05, 4.69) is 234 Å². The highest BCUT2D eigenvalue weighted by Gasteiger charge is 2.58. The second-order valence-corrected chi connectivity index (χ2v) is 18.2. The molecular weight excluding hydrogens is 929 g/mol. The van der Waals surface area contributed by atoms with Gasteiger partial charge in [0.2, 0.25) is 0 Å². The van der Waals surface area contributed by atoms with Crippen LogP contribution < -0.4 is 0 Å². The summed E-state index contributed by atoms with van der Waals surface area (Å²) < 4.78 is 38.7. The van der Waals surface area contributed by atoms with Crippen LogP contribution in [0.3, 0.4) is 0 Å². The average molecular weight is 984 g/mol. The van der Waals surface area contributed by atoms with Crippen LogP contribution in [0.5, 0.6) is 0 Å². The Bertz CT molecular complexity index is 2540. The first-order valence-corrected chi connectivity index (χ1v) is 25.0. The van der Waals surface area contributed by atoms with E-state index in [9.17, 15) is 0 Å². The minimum Gasteiger partial charge on any atom is -0.353 e. The molecule has 0 N–H and O–H groups in total. The third-order valence-corrected chi connectivity index (χ3v) is 14.2. The molecule has 0 radical (unpaired) electrons. The molecule has 5 nitrogen and oxygen atoms in total. The lowest BCUT2D eigenvalue weighted by atomic mass is 9.78. The van der Waals surface area contributed by atoms with Gasteiger partial charge >= 0.3 is 0 Å². The summed E-state index contributed by atoms with van der Waals surface area (Å²) in [6, 6.07) is 94.0. The molecule has 0 bridgehead atoms. The third kappa shape index (κ3) is 8.88. The standard InChI is InChI=1S/C64H55BrO5/c1-66-61-60(70-64(54-41-23-8-24-42-54,55-43-25-9-26-44-55)56-45-27-10-28-46-56)59(69-63(51-35-17-5-18-36-51,52-37-19-6-20-38-52)53-39-21-7-22-40-53)58(57(47-65)67-61)68-62(48-29-11-2-12-30-48,49-31-13-3-14-32-49)50-33-15-4-16-34-50/h2-46,57-61H,47H2,1H3/t57-,58+,59+,60-,61-/m0/s1. The highest BCUT2D eigenvalue weighted by atomic mass is 79.9. The fraction of sp³-hybridized carbons (Fsp3) is 0.156. The molecule has 0 aromatic heterocycles. The van der Waals surface area contributed by atoms with Gasteiger partial charge in [-0.15, -0.1) is 0 Å². The molecule has 1 fully saturated rings.